The van der Waals surface area contributed by atoms with Crippen LogP contribution < -0.4 is 0 Å². The maximum absolute atomic E-state index is 5.26. The van der Waals surface area contributed by atoms with Gasteiger partial charge in [-0.1, -0.05) is 45.5 Å². The van der Waals surface area contributed by atoms with Crippen molar-refractivity contribution in [2.24, 2.45) is 5.92 Å². The van der Waals surface area contributed by atoms with Gasteiger partial charge in [0.15, 0.2) is 0 Å². The number of hydrogen-bond acceptors (Lipinski definition) is 0. The highest BCUT2D eigenvalue weighted by Gasteiger charge is 2.03. The maximum atomic E-state index is 5.26. The molecular weight excluding hydrogens is 204 g/mol. The smallest absolute Gasteiger partial charge is 0.0202 e. The van der Waals surface area contributed by atoms with Crippen molar-refractivity contribution in [3.63, 3.8) is 0 Å². The van der Waals surface area contributed by atoms with Crippen LogP contribution in [0.15, 0.2) is 0 Å². The Balaban J connectivity index is 3.85. The summed E-state index contributed by atoms with van der Waals surface area (Å²) in [6, 6.07) is 0. The van der Waals surface area contributed by atoms with Gasteiger partial charge in [-0.3, -0.25) is 0 Å². The summed E-state index contributed by atoms with van der Waals surface area (Å²) in [4.78, 5) is 0. The quantitative estimate of drug-likeness (QED) is 0.379. The molecule has 0 aromatic carbocycles. The molecule has 17 heavy (non-hydrogen) atoms. The highest BCUT2D eigenvalue weighted by Crippen LogP contribution is 2.16. The second kappa shape index (κ2) is 13.2. The van der Waals surface area contributed by atoms with Gasteiger partial charge in [0.05, 0.1) is 0 Å². The summed E-state index contributed by atoms with van der Waals surface area (Å²) in [6.45, 7) is 4.47. The van der Waals surface area contributed by atoms with Crippen LogP contribution in [0.25, 0.3) is 0 Å². The second-order valence-electron chi connectivity index (χ2n) is 4.71. The molecule has 0 nitrogen and oxygen atoms in total. The SMILES string of the molecule is C#CCCCCC(C#CCCCC)CCCC. The molecule has 0 aliphatic carbocycles. The van der Waals surface area contributed by atoms with E-state index in [0.29, 0.717) is 5.92 Å². The second-order valence-corrected chi connectivity index (χ2v) is 4.71. The van der Waals surface area contributed by atoms with Crippen LogP contribution in [-0.4, -0.2) is 0 Å². The van der Waals surface area contributed by atoms with Gasteiger partial charge in [0.1, 0.15) is 0 Å². The average molecular weight is 232 g/mol. The van der Waals surface area contributed by atoms with E-state index in [0.717, 1.165) is 19.3 Å². The van der Waals surface area contributed by atoms with E-state index < -0.39 is 0 Å². The molecule has 1 atom stereocenters. The lowest BCUT2D eigenvalue weighted by atomic mass is 9.96. The highest BCUT2D eigenvalue weighted by molar-refractivity contribution is 5.03. The first kappa shape index (κ1) is 16.1. The summed E-state index contributed by atoms with van der Waals surface area (Å²) < 4.78 is 0. The van der Waals surface area contributed by atoms with Crippen molar-refractivity contribution in [3.8, 4) is 24.2 Å². The average Bonchev–Trinajstić information content (AvgIpc) is 2.35. The Labute approximate surface area is 109 Å². The monoisotopic (exact) mass is 232 g/mol. The van der Waals surface area contributed by atoms with Crippen molar-refractivity contribution in [2.75, 3.05) is 0 Å². The molecule has 0 heterocycles. The van der Waals surface area contributed by atoms with Crippen LogP contribution in [0, 0.1) is 30.1 Å². The summed E-state index contributed by atoms with van der Waals surface area (Å²) in [6.07, 6.45) is 17.2. The highest BCUT2D eigenvalue weighted by atomic mass is 14.1. The van der Waals surface area contributed by atoms with E-state index in [2.05, 4.69) is 31.6 Å². The third-order valence-electron chi connectivity index (χ3n) is 2.99. The summed E-state index contributed by atoms with van der Waals surface area (Å²) in [7, 11) is 0. The van der Waals surface area contributed by atoms with E-state index >= 15 is 0 Å². The van der Waals surface area contributed by atoms with Crippen molar-refractivity contribution in [1.29, 1.82) is 0 Å². The Morgan fingerprint density at radius 1 is 0.882 bits per heavy atom. The van der Waals surface area contributed by atoms with Crippen molar-refractivity contribution < 1.29 is 0 Å². The van der Waals surface area contributed by atoms with Crippen LogP contribution in [0.3, 0.4) is 0 Å². The van der Waals surface area contributed by atoms with E-state index in [1.807, 2.05) is 0 Å². The number of hydrogen-bond donors (Lipinski definition) is 0. The van der Waals surface area contributed by atoms with Crippen molar-refractivity contribution in [3.05, 3.63) is 0 Å². The lowest BCUT2D eigenvalue weighted by Crippen LogP contribution is -1.97. The minimum atomic E-state index is 0.615. The van der Waals surface area contributed by atoms with E-state index in [4.69, 9.17) is 6.42 Å². The molecule has 0 spiro atoms. The molecule has 0 saturated heterocycles. The Bertz CT molecular complexity index is 245. The molecule has 96 valence electrons. The van der Waals surface area contributed by atoms with Gasteiger partial charge in [0, 0.05) is 18.8 Å². The Hall–Kier alpha value is -0.880. The zero-order valence-corrected chi connectivity index (χ0v) is 11.7. The zero-order valence-electron chi connectivity index (χ0n) is 11.7. The summed E-state index contributed by atoms with van der Waals surface area (Å²) in [5.41, 5.74) is 0. The van der Waals surface area contributed by atoms with Gasteiger partial charge >= 0.3 is 0 Å². The molecule has 0 aliphatic rings. The first-order chi connectivity index (χ1) is 8.35. The molecule has 0 rings (SSSR count). The summed E-state index contributed by atoms with van der Waals surface area (Å²) in [5.74, 6) is 10.1. The van der Waals surface area contributed by atoms with E-state index in [-0.39, 0.29) is 0 Å². The lowest BCUT2D eigenvalue weighted by molar-refractivity contribution is 0.506. The van der Waals surface area contributed by atoms with Crippen molar-refractivity contribution >= 4 is 0 Å². The van der Waals surface area contributed by atoms with E-state index in [1.54, 1.807) is 0 Å². The van der Waals surface area contributed by atoms with Gasteiger partial charge in [0.25, 0.3) is 0 Å². The minimum absolute atomic E-state index is 0.615. The normalized spacial score (nSPS) is 11.4. The molecule has 0 aromatic heterocycles. The largest absolute Gasteiger partial charge is 0.120 e. The number of rotatable bonds is 9. The van der Waals surface area contributed by atoms with Crippen LogP contribution >= 0.6 is 0 Å². The van der Waals surface area contributed by atoms with Gasteiger partial charge in [-0.25, -0.2) is 0 Å². The van der Waals surface area contributed by atoms with Gasteiger partial charge < -0.3 is 0 Å². The predicted molar refractivity (Wildman–Crippen MR) is 77.6 cm³/mol. The molecule has 1 unspecified atom stereocenters. The Kier molecular flexibility index (Phi) is 12.5. The first-order valence-corrected chi connectivity index (χ1v) is 7.27. The molecule has 0 aliphatic heterocycles. The molecule has 0 fully saturated rings. The zero-order chi connectivity index (χ0) is 12.8. The predicted octanol–water partition coefficient (Wildman–Crippen LogP) is 5.18. The number of terminal acetylenes is 1. The first-order valence-electron chi connectivity index (χ1n) is 7.27. The van der Waals surface area contributed by atoms with Gasteiger partial charge in [0.2, 0.25) is 0 Å². The standard InChI is InChI=1S/C17H28/c1-4-7-10-12-15-17(14-9-6-3)16-13-11-8-5-2/h1,17H,5-12,14-15H2,2-3H3. The topological polar surface area (TPSA) is 0 Å². The molecule has 0 bridgehead atoms. The van der Waals surface area contributed by atoms with Gasteiger partial charge in [-0.15, -0.1) is 18.3 Å². The van der Waals surface area contributed by atoms with Crippen molar-refractivity contribution in [2.45, 2.75) is 78.1 Å². The fraction of sp³-hybridized carbons (Fsp3) is 0.765. The summed E-state index contributed by atoms with van der Waals surface area (Å²) in [5, 5.41) is 0. The minimum Gasteiger partial charge on any atom is -0.120 e. The molecule has 0 amide bonds. The van der Waals surface area contributed by atoms with Crippen LogP contribution in [0.5, 0.6) is 0 Å². The molecular formula is C17H28. The third-order valence-corrected chi connectivity index (χ3v) is 2.99. The fourth-order valence-corrected chi connectivity index (χ4v) is 1.84. The van der Waals surface area contributed by atoms with Gasteiger partial charge in [-0.2, -0.15) is 0 Å². The molecule has 0 saturated carbocycles. The van der Waals surface area contributed by atoms with Gasteiger partial charge in [-0.05, 0) is 25.7 Å². The Morgan fingerprint density at radius 3 is 2.24 bits per heavy atom. The maximum Gasteiger partial charge on any atom is 0.0202 e. The molecule has 0 N–H and O–H groups in total. The van der Waals surface area contributed by atoms with Crippen LogP contribution in [0.2, 0.25) is 0 Å². The fourth-order valence-electron chi connectivity index (χ4n) is 1.84. The van der Waals surface area contributed by atoms with Crippen LogP contribution in [-0.2, 0) is 0 Å². The van der Waals surface area contributed by atoms with Crippen molar-refractivity contribution in [1.82, 2.24) is 0 Å². The van der Waals surface area contributed by atoms with E-state index in [9.17, 15) is 0 Å². The van der Waals surface area contributed by atoms with E-state index in [1.165, 1.54) is 44.9 Å². The lowest BCUT2D eigenvalue weighted by Gasteiger charge is -2.09. The molecule has 0 radical (unpaired) electrons. The Morgan fingerprint density at radius 2 is 1.59 bits per heavy atom. The molecule has 0 heteroatoms. The van der Waals surface area contributed by atoms with Crippen LogP contribution in [0.1, 0.15) is 78.1 Å². The third kappa shape index (κ3) is 11.4. The molecule has 0 aromatic rings. The summed E-state index contributed by atoms with van der Waals surface area (Å²) >= 11 is 0. The van der Waals surface area contributed by atoms with Crippen LogP contribution in [0.4, 0.5) is 0 Å². The number of unbranched alkanes of at least 4 members (excludes halogenated alkanes) is 5.